The molecule has 0 unspecified atom stereocenters. The number of hydrogen-bond donors (Lipinski definition) is 2. The van der Waals surface area contributed by atoms with Gasteiger partial charge in [0.2, 0.25) is 0 Å². The molecule has 2 aromatic rings. The van der Waals surface area contributed by atoms with E-state index in [1.165, 1.54) is 0 Å². The molecule has 0 amide bonds. The molecule has 0 radical (unpaired) electrons. The summed E-state index contributed by atoms with van der Waals surface area (Å²) in [7, 11) is 1.65. The van der Waals surface area contributed by atoms with Crippen LogP contribution >= 0.6 is 12.2 Å². The van der Waals surface area contributed by atoms with Crippen molar-refractivity contribution in [2.24, 2.45) is 5.73 Å². The smallest absolute Gasteiger partial charge is 0.193 e. The number of fused-ring (bicyclic) bond motifs is 1. The van der Waals surface area contributed by atoms with Crippen molar-refractivity contribution >= 4 is 23.1 Å². The number of nitrogens with one attached hydrogen (secondary N) is 1. The van der Waals surface area contributed by atoms with Gasteiger partial charge in [-0.1, -0.05) is 12.1 Å². The molecule has 3 N–H and O–H groups in total. The summed E-state index contributed by atoms with van der Waals surface area (Å²) >= 11 is 5.03. The van der Waals surface area contributed by atoms with Gasteiger partial charge in [0.15, 0.2) is 5.11 Å². The first-order valence-electron chi connectivity index (χ1n) is 6.00. The maximum Gasteiger partial charge on any atom is 0.193 e. The lowest BCUT2D eigenvalue weighted by molar-refractivity contribution is 0.415. The zero-order chi connectivity index (χ0) is 13.4. The van der Waals surface area contributed by atoms with Gasteiger partial charge >= 0.3 is 0 Å². The highest BCUT2D eigenvalue weighted by molar-refractivity contribution is 7.80. The fraction of sp³-hybridized carbons (Fsp3) is 0.231. The molecule has 0 fully saturated rings. The molecule has 1 aromatic heterocycles. The summed E-state index contributed by atoms with van der Waals surface area (Å²) < 4.78 is 6.84. The lowest BCUT2D eigenvalue weighted by Crippen LogP contribution is -2.22. The molecule has 3 rings (SSSR count). The summed E-state index contributed by atoms with van der Waals surface area (Å²) in [6.07, 6.45) is 0.921. The Kier molecular flexibility index (Phi) is 2.87. The van der Waals surface area contributed by atoms with E-state index in [1.807, 2.05) is 24.3 Å². The average Bonchev–Trinajstić information content (AvgIpc) is 2.99. The van der Waals surface area contributed by atoms with Crippen LogP contribution in [0.2, 0.25) is 0 Å². The Balaban J connectivity index is 2.15. The van der Waals surface area contributed by atoms with Gasteiger partial charge in [-0.25, -0.2) is 0 Å². The highest BCUT2D eigenvalue weighted by Gasteiger charge is 2.24. The lowest BCUT2D eigenvalue weighted by atomic mass is 10.1. The molecule has 6 heteroatoms. The number of rotatable bonds is 2. The van der Waals surface area contributed by atoms with E-state index in [2.05, 4.69) is 10.4 Å². The van der Waals surface area contributed by atoms with Gasteiger partial charge in [-0.3, -0.25) is 0 Å². The zero-order valence-corrected chi connectivity index (χ0v) is 11.3. The zero-order valence-electron chi connectivity index (χ0n) is 10.5. The molecule has 1 aliphatic heterocycles. The Bertz CT molecular complexity index is 650. The van der Waals surface area contributed by atoms with Gasteiger partial charge in [-0.15, -0.1) is 0 Å². The quantitative estimate of drug-likeness (QED) is 0.815. The van der Waals surface area contributed by atoms with Gasteiger partial charge in [0.05, 0.1) is 12.8 Å². The molecule has 5 nitrogen and oxygen atoms in total. The van der Waals surface area contributed by atoms with Gasteiger partial charge in [-0.05, 0) is 30.8 Å². The fourth-order valence-corrected chi connectivity index (χ4v) is 2.47. The first kappa shape index (κ1) is 12.0. The van der Waals surface area contributed by atoms with E-state index in [0.717, 1.165) is 41.4 Å². The van der Waals surface area contributed by atoms with Crippen LogP contribution in [0, 0.1) is 0 Å². The molecule has 0 spiro atoms. The summed E-state index contributed by atoms with van der Waals surface area (Å²) in [5.41, 5.74) is 8.77. The van der Waals surface area contributed by atoms with Crippen LogP contribution in [-0.4, -0.2) is 28.5 Å². The summed E-state index contributed by atoms with van der Waals surface area (Å²) in [4.78, 5) is 0. The summed E-state index contributed by atoms with van der Waals surface area (Å²) in [6.45, 7) is 0.882. The van der Waals surface area contributed by atoms with E-state index in [1.54, 1.807) is 11.8 Å². The maximum absolute atomic E-state index is 5.70. The molecule has 19 heavy (non-hydrogen) atoms. The minimum Gasteiger partial charge on any atom is -0.497 e. The first-order chi connectivity index (χ1) is 9.20. The molecule has 1 aromatic carbocycles. The summed E-state index contributed by atoms with van der Waals surface area (Å²) in [5, 5.41) is 8.03. The van der Waals surface area contributed by atoms with Crippen LogP contribution < -0.4 is 15.8 Å². The minimum absolute atomic E-state index is 0.250. The Hall–Kier alpha value is -2.08. The third kappa shape index (κ3) is 1.94. The van der Waals surface area contributed by atoms with Gasteiger partial charge < -0.3 is 15.8 Å². The first-order valence-corrected chi connectivity index (χ1v) is 6.41. The van der Waals surface area contributed by atoms with Gasteiger partial charge in [0.25, 0.3) is 0 Å². The molecule has 0 saturated carbocycles. The molecule has 1 aliphatic rings. The van der Waals surface area contributed by atoms with Crippen molar-refractivity contribution in [1.82, 2.24) is 9.78 Å². The number of hydrogen-bond acceptors (Lipinski definition) is 4. The van der Waals surface area contributed by atoms with E-state index in [9.17, 15) is 0 Å². The van der Waals surface area contributed by atoms with E-state index in [-0.39, 0.29) is 5.11 Å². The van der Waals surface area contributed by atoms with Crippen LogP contribution in [0.1, 0.15) is 5.56 Å². The second kappa shape index (κ2) is 4.55. The van der Waals surface area contributed by atoms with Crippen LogP contribution in [0.15, 0.2) is 24.3 Å². The van der Waals surface area contributed by atoms with E-state index < -0.39 is 0 Å². The highest BCUT2D eigenvalue weighted by Crippen LogP contribution is 2.33. The molecule has 0 aliphatic carbocycles. The number of nitrogens with zero attached hydrogens (tertiary/aromatic N) is 2. The minimum atomic E-state index is 0.250. The topological polar surface area (TPSA) is 65.1 Å². The average molecular weight is 274 g/mol. The largest absolute Gasteiger partial charge is 0.497 e. The van der Waals surface area contributed by atoms with Crippen molar-refractivity contribution in [1.29, 1.82) is 0 Å². The Morgan fingerprint density at radius 1 is 1.53 bits per heavy atom. The fourth-order valence-electron chi connectivity index (χ4n) is 2.34. The molecular weight excluding hydrogens is 260 g/mol. The second-order valence-electron chi connectivity index (χ2n) is 4.33. The van der Waals surface area contributed by atoms with Crippen molar-refractivity contribution in [3.05, 3.63) is 29.8 Å². The molecular formula is C13H14N4OS. The van der Waals surface area contributed by atoms with Crippen LogP contribution in [0.5, 0.6) is 5.75 Å². The number of anilines is 1. The van der Waals surface area contributed by atoms with Gasteiger partial charge in [0, 0.05) is 17.7 Å². The van der Waals surface area contributed by atoms with Gasteiger partial charge in [0.1, 0.15) is 11.6 Å². The van der Waals surface area contributed by atoms with E-state index in [0.29, 0.717) is 0 Å². The Morgan fingerprint density at radius 3 is 3.11 bits per heavy atom. The van der Waals surface area contributed by atoms with E-state index >= 15 is 0 Å². The molecule has 0 atom stereocenters. The van der Waals surface area contributed by atoms with Crippen molar-refractivity contribution in [3.8, 4) is 17.0 Å². The normalized spacial score (nSPS) is 12.9. The van der Waals surface area contributed by atoms with Crippen molar-refractivity contribution in [2.45, 2.75) is 6.42 Å². The Morgan fingerprint density at radius 2 is 2.37 bits per heavy atom. The number of benzene rings is 1. The monoisotopic (exact) mass is 274 g/mol. The van der Waals surface area contributed by atoms with Crippen molar-refractivity contribution < 1.29 is 4.74 Å². The molecule has 98 valence electrons. The summed E-state index contributed by atoms with van der Waals surface area (Å²) in [6, 6.07) is 7.83. The highest BCUT2D eigenvalue weighted by atomic mass is 32.1. The third-order valence-corrected chi connectivity index (χ3v) is 3.38. The third-order valence-electron chi connectivity index (χ3n) is 3.20. The molecule has 0 saturated heterocycles. The van der Waals surface area contributed by atoms with Crippen molar-refractivity contribution in [3.63, 3.8) is 0 Å². The number of methoxy groups -OCH3 is 1. The standard InChI is InChI=1S/C13H14N4OS/c1-18-9-4-2-3-8(7-9)11-10-5-6-15-12(10)17(16-11)13(14)19/h2-4,7,15H,5-6H2,1H3,(H2,14,19). The Labute approximate surface area is 116 Å². The van der Waals surface area contributed by atoms with Crippen LogP contribution in [-0.2, 0) is 6.42 Å². The molecule has 2 heterocycles. The van der Waals surface area contributed by atoms with Crippen LogP contribution in [0.25, 0.3) is 11.3 Å². The lowest BCUT2D eigenvalue weighted by Gasteiger charge is -2.04. The van der Waals surface area contributed by atoms with Crippen LogP contribution in [0.3, 0.4) is 0 Å². The number of nitrogens with two attached hydrogens (primary N) is 1. The van der Waals surface area contributed by atoms with E-state index in [4.69, 9.17) is 22.7 Å². The van der Waals surface area contributed by atoms with Gasteiger partial charge in [-0.2, -0.15) is 9.78 Å². The summed E-state index contributed by atoms with van der Waals surface area (Å²) in [5.74, 6) is 1.72. The number of aromatic nitrogens is 2. The second-order valence-corrected chi connectivity index (χ2v) is 4.75. The number of thiocarbonyl (C=S) groups is 1. The SMILES string of the molecule is COc1cccc(-c2nn(C(N)=S)c3c2CCN3)c1. The maximum atomic E-state index is 5.70. The van der Waals surface area contributed by atoms with Crippen LogP contribution in [0.4, 0.5) is 5.82 Å². The predicted octanol–water partition coefficient (Wildman–Crippen LogP) is 1.62. The van der Waals surface area contributed by atoms with Crippen molar-refractivity contribution in [2.75, 3.05) is 19.0 Å². The number of ether oxygens (including phenoxy) is 1. The predicted molar refractivity (Wildman–Crippen MR) is 78.6 cm³/mol. The molecule has 0 bridgehead atoms.